The third-order valence-electron chi connectivity index (χ3n) is 5.39. The van der Waals surface area contributed by atoms with Gasteiger partial charge in [0.15, 0.2) is 0 Å². The van der Waals surface area contributed by atoms with E-state index in [1.165, 1.54) is 0 Å². The van der Waals surface area contributed by atoms with Crippen LogP contribution >= 0.6 is 0 Å². The molecule has 1 aliphatic rings. The third kappa shape index (κ3) is 5.17. The normalized spacial score (nSPS) is 15.7. The predicted molar refractivity (Wildman–Crippen MR) is 119 cm³/mol. The smallest absolute Gasteiger partial charge is 0.226 e. The van der Waals surface area contributed by atoms with E-state index in [1.807, 2.05) is 55.1 Å². The Bertz CT molecular complexity index is 1040. The molecule has 0 radical (unpaired) electrons. The first-order valence-corrected chi connectivity index (χ1v) is 10.6. The molecule has 2 aromatic heterocycles. The lowest BCUT2D eigenvalue weighted by molar-refractivity contribution is -0.132. The van der Waals surface area contributed by atoms with E-state index in [1.54, 1.807) is 18.6 Å². The van der Waals surface area contributed by atoms with Crippen molar-refractivity contribution in [2.75, 3.05) is 18.5 Å². The van der Waals surface area contributed by atoms with Crippen molar-refractivity contribution in [2.24, 2.45) is 0 Å². The van der Waals surface area contributed by atoms with Crippen LogP contribution in [0, 0.1) is 13.8 Å². The molecule has 1 N–H and O–H groups in total. The van der Waals surface area contributed by atoms with Crippen LogP contribution in [0.5, 0.6) is 5.75 Å². The summed E-state index contributed by atoms with van der Waals surface area (Å²) < 4.78 is 5.83. The number of likely N-dealkylation sites (tertiary alicyclic amines) is 1. The average Bonchev–Trinajstić information content (AvgIpc) is 3.25. The molecule has 1 saturated heterocycles. The van der Waals surface area contributed by atoms with E-state index in [2.05, 4.69) is 15.3 Å². The second kappa shape index (κ2) is 9.55. The van der Waals surface area contributed by atoms with Crippen LogP contribution in [-0.4, -0.2) is 38.9 Å². The van der Waals surface area contributed by atoms with E-state index in [9.17, 15) is 4.79 Å². The van der Waals surface area contributed by atoms with Crippen LogP contribution in [0.4, 0.5) is 11.5 Å². The summed E-state index contributed by atoms with van der Waals surface area (Å²) in [4.78, 5) is 28.0. The topological polar surface area (TPSA) is 80.2 Å². The fraction of sp³-hybridized carbons (Fsp3) is 0.333. The Morgan fingerprint density at radius 1 is 1.23 bits per heavy atom. The summed E-state index contributed by atoms with van der Waals surface area (Å²) in [6.07, 6.45) is 7.19. The van der Waals surface area contributed by atoms with Gasteiger partial charge in [-0.25, -0.2) is 4.98 Å². The van der Waals surface area contributed by atoms with Gasteiger partial charge in [0.1, 0.15) is 11.6 Å². The zero-order chi connectivity index (χ0) is 21.6. The summed E-state index contributed by atoms with van der Waals surface area (Å²) in [6.45, 7) is 5.08. The molecule has 7 nitrogen and oxygen atoms in total. The standard InChI is InChI=1S/C24H27N5O2/c1-17-6-3-4-8-22(17)31-13-9-24(30)29-12-5-7-21(29)20-15-19(14-18(2)27-20)28-23-16-25-10-11-26-23/h3-4,6,8,10-11,14-16,21H,5,7,9,12-13H2,1-2H3,(H,26,27,28). The van der Waals surface area contributed by atoms with Gasteiger partial charge in [-0.15, -0.1) is 0 Å². The highest BCUT2D eigenvalue weighted by atomic mass is 16.5. The number of ether oxygens (including phenoxy) is 1. The number of pyridine rings is 1. The third-order valence-corrected chi connectivity index (χ3v) is 5.39. The fourth-order valence-corrected chi connectivity index (χ4v) is 3.93. The molecule has 1 amide bonds. The Hall–Kier alpha value is -3.48. The second-order valence-corrected chi connectivity index (χ2v) is 7.75. The molecule has 4 rings (SSSR count). The van der Waals surface area contributed by atoms with Crippen molar-refractivity contribution >= 4 is 17.4 Å². The van der Waals surface area contributed by atoms with Crippen molar-refractivity contribution in [1.82, 2.24) is 19.9 Å². The number of benzene rings is 1. The van der Waals surface area contributed by atoms with Crippen LogP contribution in [0.3, 0.4) is 0 Å². The van der Waals surface area contributed by atoms with E-state index in [-0.39, 0.29) is 11.9 Å². The van der Waals surface area contributed by atoms with Crippen molar-refractivity contribution in [1.29, 1.82) is 0 Å². The number of amides is 1. The Kier molecular flexibility index (Phi) is 6.40. The number of nitrogens with one attached hydrogen (secondary N) is 1. The van der Waals surface area contributed by atoms with Gasteiger partial charge in [-0.05, 0) is 50.5 Å². The number of aromatic nitrogens is 3. The number of para-hydroxylation sites is 1. The van der Waals surface area contributed by atoms with Crippen LogP contribution in [0.2, 0.25) is 0 Å². The number of nitrogens with zero attached hydrogens (tertiary/aromatic N) is 4. The molecule has 31 heavy (non-hydrogen) atoms. The molecule has 0 saturated carbocycles. The van der Waals surface area contributed by atoms with Gasteiger partial charge >= 0.3 is 0 Å². The number of rotatable bonds is 7. The molecule has 0 aliphatic carbocycles. The number of anilines is 2. The first kappa shape index (κ1) is 20.8. The van der Waals surface area contributed by atoms with E-state index >= 15 is 0 Å². The van der Waals surface area contributed by atoms with E-state index in [0.717, 1.165) is 47.8 Å². The lowest BCUT2D eigenvalue weighted by atomic mass is 10.1. The zero-order valence-electron chi connectivity index (χ0n) is 17.9. The Balaban J connectivity index is 1.42. The van der Waals surface area contributed by atoms with Crippen molar-refractivity contribution < 1.29 is 9.53 Å². The number of hydrogen-bond acceptors (Lipinski definition) is 6. The molecule has 3 heterocycles. The zero-order valence-corrected chi connectivity index (χ0v) is 17.9. The van der Waals surface area contributed by atoms with Crippen molar-refractivity contribution in [3.05, 3.63) is 71.9 Å². The summed E-state index contributed by atoms with van der Waals surface area (Å²) in [7, 11) is 0. The molecule has 0 bridgehead atoms. The van der Waals surface area contributed by atoms with Crippen LogP contribution < -0.4 is 10.1 Å². The Morgan fingerprint density at radius 3 is 2.90 bits per heavy atom. The monoisotopic (exact) mass is 417 g/mol. The van der Waals surface area contributed by atoms with Crippen molar-refractivity contribution in [2.45, 2.75) is 39.2 Å². The second-order valence-electron chi connectivity index (χ2n) is 7.75. The molecule has 160 valence electrons. The predicted octanol–water partition coefficient (Wildman–Crippen LogP) is 4.36. The molecule has 1 fully saturated rings. The minimum Gasteiger partial charge on any atom is -0.493 e. The van der Waals surface area contributed by atoms with Gasteiger partial charge in [-0.2, -0.15) is 0 Å². The summed E-state index contributed by atoms with van der Waals surface area (Å²) in [6, 6.07) is 11.8. The van der Waals surface area contributed by atoms with Gasteiger partial charge in [-0.3, -0.25) is 14.8 Å². The maximum absolute atomic E-state index is 12.9. The first-order chi connectivity index (χ1) is 15.1. The van der Waals surface area contributed by atoms with Crippen LogP contribution in [0.1, 0.15) is 42.3 Å². The maximum Gasteiger partial charge on any atom is 0.226 e. The molecule has 1 aliphatic heterocycles. The highest BCUT2D eigenvalue weighted by molar-refractivity contribution is 5.77. The SMILES string of the molecule is Cc1cc(Nc2cnccn2)cc(C2CCCN2C(=O)CCOc2ccccc2C)n1. The molecule has 1 unspecified atom stereocenters. The summed E-state index contributed by atoms with van der Waals surface area (Å²) in [5, 5.41) is 3.27. The minimum absolute atomic E-state index is 0.0201. The van der Waals surface area contributed by atoms with Crippen LogP contribution in [-0.2, 0) is 4.79 Å². The molecular formula is C24H27N5O2. The average molecular weight is 418 g/mol. The van der Waals surface area contributed by atoms with Crippen molar-refractivity contribution in [3.63, 3.8) is 0 Å². The molecule has 1 atom stereocenters. The highest BCUT2D eigenvalue weighted by Gasteiger charge is 2.31. The number of carbonyl (C=O) groups excluding carboxylic acids is 1. The van der Waals surface area contributed by atoms with E-state index in [0.29, 0.717) is 18.8 Å². The number of hydrogen-bond donors (Lipinski definition) is 1. The Morgan fingerprint density at radius 2 is 2.10 bits per heavy atom. The lowest BCUT2D eigenvalue weighted by Gasteiger charge is -2.25. The first-order valence-electron chi connectivity index (χ1n) is 10.6. The van der Waals surface area contributed by atoms with Gasteiger partial charge in [0.05, 0.1) is 31.0 Å². The molecular weight excluding hydrogens is 390 g/mol. The number of carbonyl (C=O) groups is 1. The van der Waals surface area contributed by atoms with Crippen molar-refractivity contribution in [3.8, 4) is 5.75 Å². The van der Waals surface area contributed by atoms with Crippen LogP contribution in [0.25, 0.3) is 0 Å². The quantitative estimate of drug-likeness (QED) is 0.615. The highest BCUT2D eigenvalue weighted by Crippen LogP contribution is 2.33. The van der Waals surface area contributed by atoms with Gasteiger partial charge in [0, 0.05) is 30.3 Å². The van der Waals surface area contributed by atoms with Crippen LogP contribution in [0.15, 0.2) is 55.0 Å². The summed E-state index contributed by atoms with van der Waals surface area (Å²) >= 11 is 0. The van der Waals surface area contributed by atoms with Gasteiger partial charge in [-0.1, -0.05) is 18.2 Å². The Labute approximate surface area is 182 Å². The molecule has 0 spiro atoms. The minimum atomic E-state index is -0.0201. The molecule has 1 aromatic carbocycles. The largest absolute Gasteiger partial charge is 0.493 e. The number of aryl methyl sites for hydroxylation is 2. The van der Waals surface area contributed by atoms with E-state index in [4.69, 9.17) is 9.72 Å². The van der Waals surface area contributed by atoms with Gasteiger partial charge < -0.3 is 15.0 Å². The van der Waals surface area contributed by atoms with E-state index < -0.39 is 0 Å². The van der Waals surface area contributed by atoms with Gasteiger partial charge in [0.2, 0.25) is 5.91 Å². The lowest BCUT2D eigenvalue weighted by Crippen LogP contribution is -2.32. The molecule has 3 aromatic rings. The summed E-state index contributed by atoms with van der Waals surface area (Å²) in [5.74, 6) is 1.60. The summed E-state index contributed by atoms with van der Waals surface area (Å²) in [5.41, 5.74) is 3.76. The van der Waals surface area contributed by atoms with Gasteiger partial charge in [0.25, 0.3) is 0 Å². The fourth-order valence-electron chi connectivity index (χ4n) is 3.93. The molecule has 7 heteroatoms. The maximum atomic E-state index is 12.9.